The van der Waals surface area contributed by atoms with E-state index in [-0.39, 0.29) is 11.4 Å². The van der Waals surface area contributed by atoms with Gasteiger partial charge in [-0.25, -0.2) is 5.43 Å². The molecule has 0 bridgehead atoms. The third-order valence-electron chi connectivity index (χ3n) is 5.08. The van der Waals surface area contributed by atoms with Crippen LogP contribution >= 0.6 is 23.2 Å². The van der Waals surface area contributed by atoms with Gasteiger partial charge in [0.1, 0.15) is 17.5 Å². The summed E-state index contributed by atoms with van der Waals surface area (Å²) in [5.41, 5.74) is 4.10. The SMILES string of the molecule is CCOc1ccccc1/C=N\NC(=O)[C@H](Cc1ccccc1)NC(=O)[C@H](C)Oc1ccc(Cl)cc1Cl. The van der Waals surface area contributed by atoms with Gasteiger partial charge in [-0.1, -0.05) is 65.7 Å². The van der Waals surface area contributed by atoms with Crippen molar-refractivity contribution in [1.82, 2.24) is 10.7 Å². The summed E-state index contributed by atoms with van der Waals surface area (Å²) in [7, 11) is 0. The van der Waals surface area contributed by atoms with Crippen molar-refractivity contribution >= 4 is 41.2 Å². The van der Waals surface area contributed by atoms with E-state index in [0.717, 1.165) is 5.56 Å². The van der Waals surface area contributed by atoms with Gasteiger partial charge in [0.15, 0.2) is 6.10 Å². The van der Waals surface area contributed by atoms with Crippen molar-refractivity contribution in [3.05, 3.63) is 94.0 Å². The molecule has 0 spiro atoms. The molecule has 0 aromatic heterocycles. The summed E-state index contributed by atoms with van der Waals surface area (Å²) >= 11 is 12.1. The molecule has 0 unspecified atom stereocenters. The van der Waals surface area contributed by atoms with Gasteiger partial charge in [0.25, 0.3) is 11.8 Å². The van der Waals surface area contributed by atoms with Gasteiger partial charge in [0.05, 0.1) is 17.8 Å². The van der Waals surface area contributed by atoms with Gasteiger partial charge in [-0.05, 0) is 49.7 Å². The summed E-state index contributed by atoms with van der Waals surface area (Å²) in [4.78, 5) is 25.9. The van der Waals surface area contributed by atoms with E-state index in [4.69, 9.17) is 32.7 Å². The number of ether oxygens (including phenoxy) is 2. The van der Waals surface area contributed by atoms with Crippen LogP contribution in [-0.2, 0) is 16.0 Å². The molecule has 9 heteroatoms. The molecule has 3 rings (SSSR count). The second-order valence-corrected chi connectivity index (χ2v) is 8.63. The molecule has 7 nitrogen and oxygen atoms in total. The van der Waals surface area contributed by atoms with Crippen molar-refractivity contribution in [2.24, 2.45) is 5.10 Å². The van der Waals surface area contributed by atoms with Crippen molar-refractivity contribution in [2.45, 2.75) is 32.4 Å². The number of hydrogen-bond acceptors (Lipinski definition) is 5. The fourth-order valence-electron chi connectivity index (χ4n) is 3.28. The third kappa shape index (κ3) is 8.00. The van der Waals surface area contributed by atoms with Crippen molar-refractivity contribution < 1.29 is 19.1 Å². The lowest BCUT2D eigenvalue weighted by atomic mass is 10.1. The number of rotatable bonds is 11. The number of hydrogen-bond donors (Lipinski definition) is 2. The van der Waals surface area contributed by atoms with Gasteiger partial charge >= 0.3 is 0 Å². The van der Waals surface area contributed by atoms with E-state index in [1.165, 1.54) is 12.3 Å². The van der Waals surface area contributed by atoms with E-state index in [2.05, 4.69) is 15.8 Å². The minimum absolute atomic E-state index is 0.262. The van der Waals surface area contributed by atoms with Crippen LogP contribution in [0.3, 0.4) is 0 Å². The number of amides is 2. The second-order valence-electron chi connectivity index (χ2n) is 7.79. The lowest BCUT2D eigenvalue weighted by Gasteiger charge is -2.21. The molecule has 0 aliphatic carbocycles. The topological polar surface area (TPSA) is 89.0 Å². The number of para-hydroxylation sites is 1. The lowest BCUT2D eigenvalue weighted by molar-refractivity contribution is -0.132. The predicted molar refractivity (Wildman–Crippen MR) is 142 cm³/mol. The van der Waals surface area contributed by atoms with Crippen molar-refractivity contribution in [1.29, 1.82) is 0 Å². The zero-order valence-corrected chi connectivity index (χ0v) is 21.4. The summed E-state index contributed by atoms with van der Waals surface area (Å²) in [6.07, 6.45) is 0.840. The number of halogens is 2. The van der Waals surface area contributed by atoms with E-state index in [1.807, 2.05) is 61.5 Å². The van der Waals surface area contributed by atoms with Gasteiger partial charge in [-0.2, -0.15) is 5.10 Å². The minimum Gasteiger partial charge on any atom is -0.493 e. The van der Waals surface area contributed by atoms with Crippen LogP contribution in [0.2, 0.25) is 10.0 Å². The normalized spacial score (nSPS) is 12.6. The number of carbonyl (C=O) groups excluding carboxylic acids is 2. The van der Waals surface area contributed by atoms with Crippen LogP contribution in [0.25, 0.3) is 0 Å². The average molecular weight is 528 g/mol. The first-order valence-electron chi connectivity index (χ1n) is 11.4. The molecule has 2 N–H and O–H groups in total. The van der Waals surface area contributed by atoms with Crippen LogP contribution in [0.5, 0.6) is 11.5 Å². The molecule has 0 aliphatic rings. The van der Waals surface area contributed by atoms with Crippen LogP contribution in [-0.4, -0.2) is 36.8 Å². The monoisotopic (exact) mass is 527 g/mol. The molecule has 36 heavy (non-hydrogen) atoms. The zero-order chi connectivity index (χ0) is 25.9. The van der Waals surface area contributed by atoms with E-state index in [1.54, 1.807) is 19.1 Å². The highest BCUT2D eigenvalue weighted by Gasteiger charge is 2.25. The smallest absolute Gasteiger partial charge is 0.262 e. The van der Waals surface area contributed by atoms with Crippen molar-refractivity contribution in [3.63, 3.8) is 0 Å². The predicted octanol–water partition coefficient (Wildman–Crippen LogP) is 5.04. The zero-order valence-electron chi connectivity index (χ0n) is 19.9. The Labute approximate surface area is 220 Å². The standard InChI is InChI=1S/C27H27Cl2N3O4/c1-3-35-24-12-8-7-11-20(24)17-30-32-27(34)23(15-19-9-5-4-6-10-19)31-26(33)18(2)36-25-14-13-21(28)16-22(25)29/h4-14,16-18,23H,3,15H2,1-2H3,(H,31,33)(H,32,34)/b30-17-/t18-,23-/m0/s1. The van der Waals surface area contributed by atoms with Gasteiger partial charge in [0, 0.05) is 17.0 Å². The Hall–Kier alpha value is -3.55. The Morgan fingerprint density at radius 2 is 1.69 bits per heavy atom. The van der Waals surface area contributed by atoms with E-state index >= 15 is 0 Å². The molecule has 0 saturated carbocycles. The Kier molecular flexibility index (Phi) is 10.2. The van der Waals surface area contributed by atoms with Crippen molar-refractivity contribution in [2.75, 3.05) is 6.61 Å². The maximum atomic E-state index is 13.0. The molecule has 188 valence electrons. The van der Waals surface area contributed by atoms with E-state index in [9.17, 15) is 9.59 Å². The van der Waals surface area contributed by atoms with Crippen LogP contribution in [0.4, 0.5) is 0 Å². The van der Waals surface area contributed by atoms with Crippen LogP contribution in [0.1, 0.15) is 25.0 Å². The minimum atomic E-state index is -0.920. The summed E-state index contributed by atoms with van der Waals surface area (Å²) in [5, 5.41) is 7.55. The highest BCUT2D eigenvalue weighted by Crippen LogP contribution is 2.28. The number of hydrazone groups is 1. The van der Waals surface area contributed by atoms with Crippen LogP contribution < -0.4 is 20.2 Å². The quantitative estimate of drug-likeness (QED) is 0.270. The average Bonchev–Trinajstić information content (AvgIpc) is 2.87. The fraction of sp³-hybridized carbons (Fsp3) is 0.222. The number of benzene rings is 3. The Balaban J connectivity index is 1.70. The van der Waals surface area contributed by atoms with Crippen LogP contribution in [0, 0.1) is 0 Å². The third-order valence-corrected chi connectivity index (χ3v) is 5.61. The Morgan fingerprint density at radius 1 is 0.972 bits per heavy atom. The molecule has 2 amide bonds. The van der Waals surface area contributed by atoms with Crippen molar-refractivity contribution in [3.8, 4) is 11.5 Å². The maximum Gasteiger partial charge on any atom is 0.262 e. The van der Waals surface area contributed by atoms with E-state index < -0.39 is 24.0 Å². The van der Waals surface area contributed by atoms with E-state index in [0.29, 0.717) is 28.7 Å². The van der Waals surface area contributed by atoms with Crippen LogP contribution in [0.15, 0.2) is 77.9 Å². The molecule has 0 saturated heterocycles. The fourth-order valence-corrected chi connectivity index (χ4v) is 3.73. The summed E-state index contributed by atoms with van der Waals surface area (Å²) in [6.45, 7) is 3.96. The number of nitrogens with zero attached hydrogens (tertiary/aromatic N) is 1. The van der Waals surface area contributed by atoms with Gasteiger partial charge in [-0.3, -0.25) is 9.59 Å². The maximum absolute atomic E-state index is 13.0. The molecule has 0 radical (unpaired) electrons. The first-order chi connectivity index (χ1) is 17.4. The summed E-state index contributed by atoms with van der Waals surface area (Å²) in [6, 6.07) is 20.5. The Morgan fingerprint density at radius 3 is 2.42 bits per heavy atom. The number of carbonyl (C=O) groups is 2. The summed E-state index contributed by atoms with van der Waals surface area (Å²) < 4.78 is 11.3. The van der Waals surface area contributed by atoms with Gasteiger partial charge < -0.3 is 14.8 Å². The first-order valence-corrected chi connectivity index (χ1v) is 12.1. The molecule has 3 aromatic rings. The lowest BCUT2D eigenvalue weighted by Crippen LogP contribution is -2.50. The molecule has 0 aliphatic heterocycles. The molecular formula is C27H27Cl2N3O4. The largest absolute Gasteiger partial charge is 0.493 e. The number of nitrogens with one attached hydrogen (secondary N) is 2. The first kappa shape index (κ1) is 27.0. The molecule has 3 aromatic carbocycles. The van der Waals surface area contributed by atoms with Gasteiger partial charge in [-0.15, -0.1) is 0 Å². The second kappa shape index (κ2) is 13.5. The highest BCUT2D eigenvalue weighted by molar-refractivity contribution is 6.35. The summed E-state index contributed by atoms with van der Waals surface area (Å²) in [5.74, 6) is 0.00107. The molecular weight excluding hydrogens is 501 g/mol. The molecule has 0 fully saturated rings. The van der Waals surface area contributed by atoms with Gasteiger partial charge in [0.2, 0.25) is 0 Å². The molecule has 0 heterocycles. The molecule has 2 atom stereocenters. The highest BCUT2D eigenvalue weighted by atomic mass is 35.5. The Bertz CT molecular complexity index is 1200.